The molecule has 0 fully saturated rings. The van der Waals surface area contributed by atoms with Crippen LogP contribution >= 0.6 is 0 Å². The van der Waals surface area contributed by atoms with E-state index in [-0.39, 0.29) is 11.9 Å². The fourth-order valence-electron chi connectivity index (χ4n) is 2.96. The van der Waals surface area contributed by atoms with Crippen LogP contribution in [0, 0.1) is 0 Å². The molecule has 2 heteroatoms. The van der Waals surface area contributed by atoms with E-state index in [0.717, 1.165) is 18.4 Å². The lowest BCUT2D eigenvalue weighted by molar-refractivity contribution is -0.121. The van der Waals surface area contributed by atoms with Gasteiger partial charge in [-0.15, -0.1) is 0 Å². The molecule has 122 valence electrons. The van der Waals surface area contributed by atoms with Crippen molar-refractivity contribution in [3.63, 3.8) is 0 Å². The van der Waals surface area contributed by atoms with Gasteiger partial charge < -0.3 is 5.32 Å². The number of carbonyl (C=O) groups is 1. The Balaban J connectivity index is 1.52. The van der Waals surface area contributed by atoms with Gasteiger partial charge in [-0.25, -0.2) is 0 Å². The molecule has 3 aromatic carbocycles. The van der Waals surface area contributed by atoms with Gasteiger partial charge in [-0.05, 0) is 41.7 Å². The Morgan fingerprint density at radius 2 is 1.58 bits per heavy atom. The number of aryl methyl sites for hydroxylation is 1. The fourth-order valence-corrected chi connectivity index (χ4v) is 2.96. The molecule has 0 aliphatic rings. The monoisotopic (exact) mass is 317 g/mol. The average molecular weight is 317 g/mol. The van der Waals surface area contributed by atoms with E-state index in [0.29, 0.717) is 6.42 Å². The van der Waals surface area contributed by atoms with Crippen molar-refractivity contribution in [3.05, 3.63) is 83.9 Å². The highest BCUT2D eigenvalue weighted by molar-refractivity contribution is 5.85. The molecule has 0 spiro atoms. The number of hydrogen-bond donors (Lipinski definition) is 1. The third-order valence-electron chi connectivity index (χ3n) is 4.29. The molecule has 0 aliphatic heterocycles. The van der Waals surface area contributed by atoms with Gasteiger partial charge in [-0.3, -0.25) is 4.79 Å². The second-order valence-corrected chi connectivity index (χ2v) is 6.35. The van der Waals surface area contributed by atoms with Crippen molar-refractivity contribution >= 4 is 16.7 Å². The van der Waals surface area contributed by atoms with E-state index >= 15 is 0 Å². The molecular weight excluding hydrogens is 294 g/mol. The molecule has 0 unspecified atom stereocenters. The van der Waals surface area contributed by atoms with E-state index in [4.69, 9.17) is 0 Å². The fraction of sp³-hybridized carbons (Fsp3) is 0.227. The van der Waals surface area contributed by atoms with Crippen molar-refractivity contribution in [1.29, 1.82) is 0 Å². The number of amides is 1. The first-order valence-corrected chi connectivity index (χ1v) is 8.52. The van der Waals surface area contributed by atoms with Crippen LogP contribution < -0.4 is 5.32 Å². The Morgan fingerprint density at radius 3 is 2.38 bits per heavy atom. The standard InChI is InChI=1S/C22H23NO/c1-17(11-12-18-7-3-2-4-8-18)23-22(24)16-19-13-14-20-9-5-6-10-21(20)15-19/h2-10,13-15,17H,11-12,16H2,1H3,(H,23,24)/t17-/m0/s1. The summed E-state index contributed by atoms with van der Waals surface area (Å²) in [6, 6.07) is 25.0. The molecule has 1 amide bonds. The first kappa shape index (κ1) is 16.3. The topological polar surface area (TPSA) is 29.1 Å². The molecule has 0 aromatic heterocycles. The summed E-state index contributed by atoms with van der Waals surface area (Å²) in [5.41, 5.74) is 2.37. The van der Waals surface area contributed by atoms with Crippen LogP contribution in [0.1, 0.15) is 24.5 Å². The highest BCUT2D eigenvalue weighted by Gasteiger charge is 2.09. The highest BCUT2D eigenvalue weighted by atomic mass is 16.1. The van der Waals surface area contributed by atoms with Gasteiger partial charge in [0, 0.05) is 6.04 Å². The van der Waals surface area contributed by atoms with Crippen molar-refractivity contribution in [3.8, 4) is 0 Å². The minimum atomic E-state index is 0.0887. The minimum Gasteiger partial charge on any atom is -0.353 e. The number of carbonyl (C=O) groups excluding carboxylic acids is 1. The number of benzene rings is 3. The van der Waals surface area contributed by atoms with Crippen LogP contribution in [-0.2, 0) is 17.6 Å². The summed E-state index contributed by atoms with van der Waals surface area (Å²) in [4.78, 5) is 12.3. The average Bonchev–Trinajstić information content (AvgIpc) is 2.60. The van der Waals surface area contributed by atoms with Crippen molar-refractivity contribution in [2.75, 3.05) is 0 Å². The van der Waals surface area contributed by atoms with Crippen LogP contribution in [0.5, 0.6) is 0 Å². The Kier molecular flexibility index (Phi) is 5.27. The Hall–Kier alpha value is -2.61. The summed E-state index contributed by atoms with van der Waals surface area (Å²) >= 11 is 0. The molecule has 24 heavy (non-hydrogen) atoms. The summed E-state index contributed by atoms with van der Waals surface area (Å²) in [5, 5.41) is 5.49. The zero-order valence-corrected chi connectivity index (χ0v) is 14.0. The van der Waals surface area contributed by atoms with Gasteiger partial charge >= 0.3 is 0 Å². The summed E-state index contributed by atoms with van der Waals surface area (Å²) in [5.74, 6) is 0.0887. The van der Waals surface area contributed by atoms with E-state index in [1.54, 1.807) is 0 Å². The number of rotatable bonds is 6. The molecule has 0 aliphatic carbocycles. The van der Waals surface area contributed by atoms with E-state index < -0.39 is 0 Å². The largest absolute Gasteiger partial charge is 0.353 e. The molecular formula is C22H23NO. The maximum Gasteiger partial charge on any atom is 0.224 e. The van der Waals surface area contributed by atoms with Gasteiger partial charge in [-0.2, -0.15) is 0 Å². The second kappa shape index (κ2) is 7.78. The van der Waals surface area contributed by atoms with E-state index in [1.165, 1.54) is 16.3 Å². The summed E-state index contributed by atoms with van der Waals surface area (Å²) < 4.78 is 0. The normalized spacial score (nSPS) is 12.0. The van der Waals surface area contributed by atoms with Gasteiger partial charge in [-0.1, -0.05) is 72.8 Å². The van der Waals surface area contributed by atoms with Crippen molar-refractivity contribution in [2.45, 2.75) is 32.2 Å². The molecule has 0 saturated heterocycles. The lowest BCUT2D eigenvalue weighted by Gasteiger charge is -2.14. The van der Waals surface area contributed by atoms with Gasteiger partial charge in [0.05, 0.1) is 6.42 Å². The maximum absolute atomic E-state index is 12.3. The maximum atomic E-state index is 12.3. The van der Waals surface area contributed by atoms with Gasteiger partial charge in [0.2, 0.25) is 5.91 Å². The predicted octanol–water partition coefficient (Wildman–Crippen LogP) is 4.52. The van der Waals surface area contributed by atoms with Crippen LogP contribution in [-0.4, -0.2) is 11.9 Å². The summed E-state index contributed by atoms with van der Waals surface area (Å²) in [6.07, 6.45) is 2.37. The molecule has 0 radical (unpaired) electrons. The minimum absolute atomic E-state index is 0.0887. The summed E-state index contributed by atoms with van der Waals surface area (Å²) in [7, 11) is 0. The molecule has 2 nitrogen and oxygen atoms in total. The van der Waals surface area contributed by atoms with Crippen LogP contribution in [0.3, 0.4) is 0 Å². The molecule has 0 saturated carbocycles. The molecule has 0 bridgehead atoms. The van der Waals surface area contributed by atoms with E-state index in [1.807, 2.05) is 24.3 Å². The smallest absolute Gasteiger partial charge is 0.224 e. The van der Waals surface area contributed by atoms with Gasteiger partial charge in [0.1, 0.15) is 0 Å². The van der Waals surface area contributed by atoms with Crippen LogP contribution in [0.2, 0.25) is 0 Å². The van der Waals surface area contributed by atoms with Crippen molar-refractivity contribution in [2.24, 2.45) is 0 Å². The molecule has 1 atom stereocenters. The number of hydrogen-bond acceptors (Lipinski definition) is 1. The SMILES string of the molecule is C[C@@H](CCc1ccccc1)NC(=O)Cc1ccc2ccccc2c1. The molecule has 1 N–H and O–H groups in total. The van der Waals surface area contributed by atoms with E-state index in [2.05, 4.69) is 60.8 Å². The van der Waals surface area contributed by atoms with Crippen LogP contribution in [0.25, 0.3) is 10.8 Å². The van der Waals surface area contributed by atoms with Crippen LogP contribution in [0.4, 0.5) is 0 Å². The third kappa shape index (κ3) is 4.45. The van der Waals surface area contributed by atoms with Crippen molar-refractivity contribution in [1.82, 2.24) is 5.32 Å². The quantitative estimate of drug-likeness (QED) is 0.711. The highest BCUT2D eigenvalue weighted by Crippen LogP contribution is 2.16. The Labute approximate surface area is 143 Å². The zero-order chi connectivity index (χ0) is 16.8. The lowest BCUT2D eigenvalue weighted by Crippen LogP contribution is -2.34. The first-order valence-electron chi connectivity index (χ1n) is 8.52. The second-order valence-electron chi connectivity index (χ2n) is 6.35. The number of fused-ring (bicyclic) bond motifs is 1. The lowest BCUT2D eigenvalue weighted by atomic mass is 10.0. The van der Waals surface area contributed by atoms with Crippen molar-refractivity contribution < 1.29 is 4.79 Å². The Bertz CT molecular complexity index is 810. The molecule has 0 heterocycles. The molecule has 3 aromatic rings. The summed E-state index contributed by atoms with van der Waals surface area (Å²) in [6.45, 7) is 2.07. The third-order valence-corrected chi connectivity index (χ3v) is 4.29. The van der Waals surface area contributed by atoms with Gasteiger partial charge in [0.15, 0.2) is 0 Å². The zero-order valence-electron chi connectivity index (χ0n) is 14.0. The molecule has 3 rings (SSSR count). The first-order chi connectivity index (χ1) is 11.7. The predicted molar refractivity (Wildman–Crippen MR) is 100 cm³/mol. The van der Waals surface area contributed by atoms with E-state index in [9.17, 15) is 4.79 Å². The number of nitrogens with one attached hydrogen (secondary N) is 1. The Morgan fingerprint density at radius 1 is 0.875 bits per heavy atom. The van der Waals surface area contributed by atoms with Gasteiger partial charge in [0.25, 0.3) is 0 Å². The van der Waals surface area contributed by atoms with Crippen LogP contribution in [0.15, 0.2) is 72.8 Å².